The number of phenolic OH excluding ortho intramolecular Hbond substituents is 1. The first-order chi connectivity index (χ1) is 11.6. The standard InChI is InChI=1S/C15H14N6O3/c1-20-14-9(6-17-20)15-19-18-13(21(15)7-16-14)8-4-10(23-2)12(22)11(5-8)24-3/h4-7,22H,1-3H3. The fourth-order valence-corrected chi connectivity index (χ4v) is 2.66. The van der Waals surface area contributed by atoms with Gasteiger partial charge in [-0.2, -0.15) is 5.10 Å². The summed E-state index contributed by atoms with van der Waals surface area (Å²) in [4.78, 5) is 4.40. The molecule has 1 aromatic carbocycles. The number of aromatic hydroxyl groups is 1. The zero-order valence-corrected chi connectivity index (χ0v) is 13.3. The Balaban J connectivity index is 1.98. The Labute approximate surface area is 136 Å². The molecule has 0 saturated carbocycles. The van der Waals surface area contributed by atoms with E-state index < -0.39 is 0 Å². The molecule has 9 nitrogen and oxygen atoms in total. The average molecular weight is 326 g/mol. The van der Waals surface area contributed by atoms with Gasteiger partial charge in [-0.3, -0.25) is 9.08 Å². The van der Waals surface area contributed by atoms with Crippen LogP contribution in [0.4, 0.5) is 0 Å². The lowest BCUT2D eigenvalue weighted by Gasteiger charge is -2.10. The predicted molar refractivity (Wildman–Crippen MR) is 85.3 cm³/mol. The second-order valence-electron chi connectivity index (χ2n) is 5.20. The summed E-state index contributed by atoms with van der Waals surface area (Å²) < 4.78 is 13.8. The van der Waals surface area contributed by atoms with Crippen molar-refractivity contribution in [3.63, 3.8) is 0 Å². The molecule has 0 spiro atoms. The van der Waals surface area contributed by atoms with Crippen LogP contribution in [0.3, 0.4) is 0 Å². The highest BCUT2D eigenvalue weighted by atomic mass is 16.5. The number of benzene rings is 1. The summed E-state index contributed by atoms with van der Waals surface area (Å²) in [5.41, 5.74) is 2.05. The minimum absolute atomic E-state index is 0.0645. The van der Waals surface area contributed by atoms with Crippen molar-refractivity contribution in [2.24, 2.45) is 7.05 Å². The Morgan fingerprint density at radius 1 is 1.04 bits per heavy atom. The molecule has 9 heteroatoms. The number of methoxy groups -OCH3 is 2. The molecule has 24 heavy (non-hydrogen) atoms. The lowest BCUT2D eigenvalue weighted by Crippen LogP contribution is -1.96. The van der Waals surface area contributed by atoms with Crippen LogP contribution in [0, 0.1) is 0 Å². The van der Waals surface area contributed by atoms with Gasteiger partial charge in [0.05, 0.1) is 25.8 Å². The molecule has 122 valence electrons. The Kier molecular flexibility index (Phi) is 3.02. The van der Waals surface area contributed by atoms with Crippen molar-refractivity contribution in [1.29, 1.82) is 0 Å². The number of fused-ring (bicyclic) bond motifs is 3. The smallest absolute Gasteiger partial charge is 0.200 e. The summed E-state index contributed by atoms with van der Waals surface area (Å²) in [6, 6.07) is 3.34. The van der Waals surface area contributed by atoms with Crippen LogP contribution in [0.1, 0.15) is 0 Å². The van der Waals surface area contributed by atoms with Gasteiger partial charge in [-0.25, -0.2) is 4.98 Å². The van der Waals surface area contributed by atoms with Gasteiger partial charge < -0.3 is 14.6 Å². The molecule has 3 aromatic heterocycles. The summed E-state index contributed by atoms with van der Waals surface area (Å²) in [6.07, 6.45) is 3.34. The first-order valence-electron chi connectivity index (χ1n) is 7.11. The Bertz CT molecular complexity index is 1040. The minimum Gasteiger partial charge on any atom is -0.502 e. The number of phenols is 1. The van der Waals surface area contributed by atoms with Crippen LogP contribution in [0.15, 0.2) is 24.7 Å². The SMILES string of the molecule is COc1cc(-c2nnc3c4cnn(C)c4ncn23)cc(OC)c1O. The highest BCUT2D eigenvalue weighted by Gasteiger charge is 2.18. The van der Waals surface area contributed by atoms with E-state index in [1.54, 1.807) is 33.7 Å². The van der Waals surface area contributed by atoms with E-state index in [0.29, 0.717) is 17.0 Å². The van der Waals surface area contributed by atoms with E-state index in [4.69, 9.17) is 9.47 Å². The predicted octanol–water partition coefficient (Wildman–Crippen LogP) is 1.40. The van der Waals surface area contributed by atoms with E-state index in [-0.39, 0.29) is 17.2 Å². The number of hydrogen-bond acceptors (Lipinski definition) is 7. The fourth-order valence-electron chi connectivity index (χ4n) is 2.66. The van der Waals surface area contributed by atoms with Crippen LogP contribution >= 0.6 is 0 Å². The van der Waals surface area contributed by atoms with Gasteiger partial charge in [0.1, 0.15) is 6.33 Å². The molecule has 3 heterocycles. The van der Waals surface area contributed by atoms with E-state index in [1.807, 2.05) is 7.05 Å². The first kappa shape index (κ1) is 14.2. The third-order valence-corrected chi connectivity index (χ3v) is 3.88. The number of hydrogen-bond donors (Lipinski definition) is 1. The van der Waals surface area contributed by atoms with Crippen molar-refractivity contribution in [3.05, 3.63) is 24.7 Å². The third kappa shape index (κ3) is 1.87. The Hall–Kier alpha value is -3.36. The molecule has 0 fully saturated rings. The molecule has 1 N–H and O–H groups in total. The molecule has 4 rings (SSSR count). The molecule has 0 saturated heterocycles. The molecule has 4 aromatic rings. The van der Waals surface area contributed by atoms with E-state index in [1.165, 1.54) is 14.2 Å². The van der Waals surface area contributed by atoms with Crippen LogP contribution < -0.4 is 9.47 Å². The largest absolute Gasteiger partial charge is 0.502 e. The number of ether oxygens (including phenoxy) is 2. The van der Waals surface area contributed by atoms with Gasteiger partial charge in [-0.1, -0.05) is 0 Å². The van der Waals surface area contributed by atoms with E-state index in [9.17, 15) is 5.11 Å². The second kappa shape index (κ2) is 5.08. The van der Waals surface area contributed by atoms with Crippen LogP contribution in [-0.2, 0) is 7.05 Å². The number of nitrogens with zero attached hydrogens (tertiary/aromatic N) is 6. The average Bonchev–Trinajstić information content (AvgIpc) is 3.19. The summed E-state index contributed by atoms with van der Waals surface area (Å²) >= 11 is 0. The van der Waals surface area contributed by atoms with Crippen molar-refractivity contribution in [3.8, 4) is 28.6 Å². The molecular formula is C15H14N6O3. The summed E-state index contributed by atoms with van der Waals surface area (Å²) in [7, 11) is 4.76. The van der Waals surface area contributed by atoms with Gasteiger partial charge in [0.2, 0.25) is 5.75 Å². The van der Waals surface area contributed by atoms with Crippen molar-refractivity contribution >= 4 is 16.7 Å². The van der Waals surface area contributed by atoms with Gasteiger partial charge in [-0.05, 0) is 12.1 Å². The zero-order valence-electron chi connectivity index (χ0n) is 13.3. The zero-order chi connectivity index (χ0) is 16.8. The quantitative estimate of drug-likeness (QED) is 0.607. The lowest BCUT2D eigenvalue weighted by atomic mass is 10.1. The summed E-state index contributed by atoms with van der Waals surface area (Å²) in [6.45, 7) is 0. The van der Waals surface area contributed by atoms with E-state index >= 15 is 0 Å². The van der Waals surface area contributed by atoms with Crippen molar-refractivity contribution < 1.29 is 14.6 Å². The summed E-state index contributed by atoms with van der Waals surface area (Å²) in [5.74, 6) is 1.07. The molecule has 0 aliphatic carbocycles. The molecule has 0 amide bonds. The maximum absolute atomic E-state index is 10.1. The Morgan fingerprint density at radius 3 is 2.42 bits per heavy atom. The van der Waals surface area contributed by atoms with Gasteiger partial charge in [-0.15, -0.1) is 10.2 Å². The molecular weight excluding hydrogens is 312 g/mol. The van der Waals surface area contributed by atoms with Crippen molar-refractivity contribution in [1.82, 2.24) is 29.4 Å². The molecule has 0 atom stereocenters. The van der Waals surface area contributed by atoms with E-state index in [2.05, 4.69) is 20.3 Å². The van der Waals surface area contributed by atoms with Gasteiger partial charge in [0, 0.05) is 12.6 Å². The summed E-state index contributed by atoms with van der Waals surface area (Å²) in [5, 5.41) is 23.5. The highest BCUT2D eigenvalue weighted by Crippen LogP contribution is 2.40. The molecule has 0 radical (unpaired) electrons. The van der Waals surface area contributed by atoms with Crippen LogP contribution in [-0.4, -0.2) is 48.7 Å². The topological polar surface area (TPSA) is 99.6 Å². The van der Waals surface area contributed by atoms with Crippen LogP contribution in [0.5, 0.6) is 17.2 Å². The fraction of sp³-hybridized carbons (Fsp3) is 0.200. The molecule has 0 bridgehead atoms. The second-order valence-corrected chi connectivity index (χ2v) is 5.20. The van der Waals surface area contributed by atoms with Gasteiger partial charge in [0.25, 0.3) is 0 Å². The highest BCUT2D eigenvalue weighted by molar-refractivity contribution is 5.89. The van der Waals surface area contributed by atoms with Crippen molar-refractivity contribution in [2.75, 3.05) is 14.2 Å². The Morgan fingerprint density at radius 2 is 1.75 bits per heavy atom. The molecule has 0 aliphatic rings. The maximum atomic E-state index is 10.1. The van der Waals surface area contributed by atoms with Crippen LogP contribution in [0.25, 0.3) is 28.1 Å². The third-order valence-electron chi connectivity index (χ3n) is 3.88. The monoisotopic (exact) mass is 326 g/mol. The number of rotatable bonds is 3. The maximum Gasteiger partial charge on any atom is 0.200 e. The number of aryl methyl sites for hydroxylation is 1. The minimum atomic E-state index is -0.0645. The van der Waals surface area contributed by atoms with Gasteiger partial charge in [0.15, 0.2) is 28.6 Å². The normalized spacial score (nSPS) is 11.3. The van der Waals surface area contributed by atoms with E-state index in [0.717, 1.165) is 11.0 Å². The molecule has 0 unspecified atom stereocenters. The van der Waals surface area contributed by atoms with Crippen LogP contribution in [0.2, 0.25) is 0 Å². The first-order valence-corrected chi connectivity index (χ1v) is 7.11. The lowest BCUT2D eigenvalue weighted by molar-refractivity contribution is 0.340. The van der Waals surface area contributed by atoms with Crippen molar-refractivity contribution in [2.45, 2.75) is 0 Å². The number of aromatic nitrogens is 6. The van der Waals surface area contributed by atoms with Gasteiger partial charge >= 0.3 is 0 Å². The molecule has 0 aliphatic heterocycles.